The summed E-state index contributed by atoms with van der Waals surface area (Å²) >= 11 is 1.55. The van der Waals surface area contributed by atoms with Crippen LogP contribution in [0.25, 0.3) is 0 Å². The van der Waals surface area contributed by atoms with Crippen LogP contribution in [0.3, 0.4) is 0 Å². The molecular weight excluding hydrogens is 352 g/mol. The molecule has 0 aromatic carbocycles. The third kappa shape index (κ3) is 5.52. The predicted octanol–water partition coefficient (Wildman–Crippen LogP) is 0.586. The number of thiophene rings is 1. The standard InChI is InChI=1S/C15H24N2O5S2/c1-24(20,21)17-5-2-12(3-6-17)15(19)16-10-14(22-8-7-18)13-4-9-23-11-13/h4,9,11-12,14,18H,2-3,5-8,10H2,1H3,(H,16,19). The zero-order valence-electron chi connectivity index (χ0n) is 13.7. The number of hydrogen-bond donors (Lipinski definition) is 2. The summed E-state index contributed by atoms with van der Waals surface area (Å²) in [6.07, 6.45) is 1.96. The van der Waals surface area contributed by atoms with Crippen LogP contribution in [0, 0.1) is 5.92 Å². The van der Waals surface area contributed by atoms with Crippen molar-refractivity contribution in [3.8, 4) is 0 Å². The van der Waals surface area contributed by atoms with E-state index in [0.29, 0.717) is 32.5 Å². The quantitative estimate of drug-likeness (QED) is 0.692. The van der Waals surface area contributed by atoms with Crippen molar-refractivity contribution in [1.29, 1.82) is 0 Å². The van der Waals surface area contributed by atoms with E-state index in [0.717, 1.165) is 5.56 Å². The van der Waals surface area contributed by atoms with E-state index in [-0.39, 0.29) is 31.1 Å². The van der Waals surface area contributed by atoms with Crippen molar-refractivity contribution in [3.05, 3.63) is 22.4 Å². The molecule has 1 amide bonds. The summed E-state index contributed by atoms with van der Waals surface area (Å²) in [4.78, 5) is 12.3. The van der Waals surface area contributed by atoms with E-state index in [1.807, 2.05) is 16.8 Å². The lowest BCUT2D eigenvalue weighted by Gasteiger charge is -2.29. The van der Waals surface area contributed by atoms with Gasteiger partial charge in [-0.15, -0.1) is 0 Å². The second kappa shape index (κ2) is 8.91. The first-order valence-corrected chi connectivity index (χ1v) is 10.7. The Kier molecular flexibility index (Phi) is 7.17. The molecule has 0 radical (unpaired) electrons. The molecule has 0 saturated carbocycles. The molecule has 1 unspecified atom stereocenters. The summed E-state index contributed by atoms with van der Waals surface area (Å²) in [5.41, 5.74) is 0.973. The van der Waals surface area contributed by atoms with Gasteiger partial charge in [0.15, 0.2) is 0 Å². The molecule has 1 aliphatic rings. The summed E-state index contributed by atoms with van der Waals surface area (Å²) in [5, 5.41) is 15.7. The summed E-state index contributed by atoms with van der Waals surface area (Å²) in [7, 11) is -3.18. The molecule has 1 atom stereocenters. The van der Waals surface area contributed by atoms with Crippen LogP contribution in [-0.2, 0) is 19.6 Å². The first-order chi connectivity index (χ1) is 11.4. The number of amides is 1. The Hall–Kier alpha value is -1.00. The van der Waals surface area contributed by atoms with Gasteiger partial charge >= 0.3 is 0 Å². The maximum absolute atomic E-state index is 12.3. The highest BCUT2D eigenvalue weighted by atomic mass is 32.2. The Labute approximate surface area is 146 Å². The zero-order valence-corrected chi connectivity index (χ0v) is 15.3. The van der Waals surface area contributed by atoms with E-state index in [4.69, 9.17) is 9.84 Å². The molecule has 1 fully saturated rings. The van der Waals surface area contributed by atoms with Gasteiger partial charge in [0.05, 0.1) is 19.5 Å². The number of carbonyl (C=O) groups excluding carboxylic acids is 1. The maximum Gasteiger partial charge on any atom is 0.223 e. The average molecular weight is 377 g/mol. The predicted molar refractivity (Wildman–Crippen MR) is 92.2 cm³/mol. The molecule has 1 aliphatic heterocycles. The van der Waals surface area contributed by atoms with Crippen LogP contribution in [0.5, 0.6) is 0 Å². The van der Waals surface area contributed by atoms with E-state index in [2.05, 4.69) is 5.32 Å². The molecule has 2 N–H and O–H groups in total. The molecule has 1 aromatic rings. The van der Waals surface area contributed by atoms with Crippen LogP contribution in [0.15, 0.2) is 16.8 Å². The largest absolute Gasteiger partial charge is 0.394 e. The number of hydrogen-bond acceptors (Lipinski definition) is 6. The minimum absolute atomic E-state index is 0.0709. The summed E-state index contributed by atoms with van der Waals surface area (Å²) in [6.45, 7) is 1.24. The highest BCUT2D eigenvalue weighted by Gasteiger charge is 2.29. The van der Waals surface area contributed by atoms with Gasteiger partial charge in [0.1, 0.15) is 6.10 Å². The highest BCUT2D eigenvalue weighted by molar-refractivity contribution is 7.88. The number of nitrogens with zero attached hydrogens (tertiary/aromatic N) is 1. The van der Waals surface area contributed by atoms with E-state index in [9.17, 15) is 13.2 Å². The summed E-state index contributed by atoms with van der Waals surface area (Å²) in [6, 6.07) is 1.93. The SMILES string of the molecule is CS(=O)(=O)N1CCC(C(=O)NCC(OCCO)c2ccsc2)CC1. The normalized spacial score (nSPS) is 18.4. The van der Waals surface area contributed by atoms with Gasteiger partial charge in [0.25, 0.3) is 0 Å². The van der Waals surface area contributed by atoms with Gasteiger partial charge in [-0.3, -0.25) is 4.79 Å². The number of aliphatic hydroxyl groups is 1. The van der Waals surface area contributed by atoms with Crippen LogP contribution in [-0.4, -0.2) is 62.8 Å². The molecule has 136 valence electrons. The molecule has 2 heterocycles. The van der Waals surface area contributed by atoms with Gasteiger partial charge in [0.2, 0.25) is 15.9 Å². The smallest absolute Gasteiger partial charge is 0.223 e. The molecule has 24 heavy (non-hydrogen) atoms. The number of piperidine rings is 1. The molecule has 0 spiro atoms. The van der Waals surface area contributed by atoms with Gasteiger partial charge in [-0.05, 0) is 35.2 Å². The van der Waals surface area contributed by atoms with Crippen molar-refractivity contribution >= 4 is 27.3 Å². The molecule has 1 aromatic heterocycles. The number of nitrogens with one attached hydrogen (secondary N) is 1. The van der Waals surface area contributed by atoms with Crippen LogP contribution >= 0.6 is 11.3 Å². The molecule has 0 aliphatic carbocycles. The second-order valence-electron chi connectivity index (χ2n) is 5.82. The topological polar surface area (TPSA) is 95.9 Å². The number of ether oxygens (including phenoxy) is 1. The number of carbonyl (C=O) groups is 1. The first kappa shape index (κ1) is 19.3. The Morgan fingerprint density at radius 3 is 2.75 bits per heavy atom. The van der Waals surface area contributed by atoms with Crippen LogP contribution < -0.4 is 5.32 Å². The highest BCUT2D eigenvalue weighted by Crippen LogP contribution is 2.22. The maximum atomic E-state index is 12.3. The van der Waals surface area contributed by atoms with Crippen LogP contribution in [0.2, 0.25) is 0 Å². The van der Waals surface area contributed by atoms with Crippen molar-refractivity contribution in [3.63, 3.8) is 0 Å². The molecular formula is C15H24N2O5S2. The van der Waals surface area contributed by atoms with Crippen molar-refractivity contribution < 1.29 is 23.1 Å². The van der Waals surface area contributed by atoms with E-state index < -0.39 is 10.0 Å². The van der Waals surface area contributed by atoms with Crippen molar-refractivity contribution in [2.45, 2.75) is 18.9 Å². The third-order valence-electron chi connectivity index (χ3n) is 4.08. The summed E-state index contributed by atoms with van der Waals surface area (Å²) in [5.74, 6) is -0.250. The van der Waals surface area contributed by atoms with E-state index in [1.165, 1.54) is 10.6 Å². The van der Waals surface area contributed by atoms with E-state index >= 15 is 0 Å². The fourth-order valence-corrected chi connectivity index (χ4v) is 4.29. The van der Waals surface area contributed by atoms with Crippen LogP contribution in [0.4, 0.5) is 0 Å². The monoisotopic (exact) mass is 376 g/mol. The summed E-state index contributed by atoms with van der Waals surface area (Å²) < 4.78 is 30.0. The zero-order chi connectivity index (χ0) is 17.6. The average Bonchev–Trinajstić information content (AvgIpc) is 3.08. The third-order valence-corrected chi connectivity index (χ3v) is 6.09. The Morgan fingerprint density at radius 2 is 2.21 bits per heavy atom. The molecule has 9 heteroatoms. The minimum Gasteiger partial charge on any atom is -0.394 e. The number of aliphatic hydroxyl groups excluding tert-OH is 1. The second-order valence-corrected chi connectivity index (χ2v) is 8.58. The Bertz CT molecular complexity index is 610. The lowest BCUT2D eigenvalue weighted by atomic mass is 9.97. The van der Waals surface area contributed by atoms with Gasteiger partial charge in [-0.2, -0.15) is 11.3 Å². The van der Waals surface area contributed by atoms with Gasteiger partial charge in [-0.1, -0.05) is 0 Å². The molecule has 1 saturated heterocycles. The fourth-order valence-electron chi connectivity index (χ4n) is 2.71. The minimum atomic E-state index is -3.18. The molecule has 7 nitrogen and oxygen atoms in total. The lowest BCUT2D eigenvalue weighted by molar-refractivity contribution is -0.126. The van der Waals surface area contributed by atoms with Gasteiger partial charge in [0, 0.05) is 25.6 Å². The Balaban J connectivity index is 1.83. The van der Waals surface area contributed by atoms with Crippen LogP contribution in [0.1, 0.15) is 24.5 Å². The fraction of sp³-hybridized carbons (Fsp3) is 0.667. The molecule has 0 bridgehead atoms. The van der Waals surface area contributed by atoms with Gasteiger partial charge in [-0.25, -0.2) is 12.7 Å². The lowest BCUT2D eigenvalue weighted by Crippen LogP contribution is -2.43. The molecule has 2 rings (SSSR count). The number of sulfonamides is 1. The Morgan fingerprint density at radius 1 is 1.50 bits per heavy atom. The number of rotatable bonds is 8. The first-order valence-electron chi connectivity index (χ1n) is 7.89. The van der Waals surface area contributed by atoms with Crippen molar-refractivity contribution in [1.82, 2.24) is 9.62 Å². The van der Waals surface area contributed by atoms with Crippen molar-refractivity contribution in [2.75, 3.05) is 39.1 Å². The van der Waals surface area contributed by atoms with E-state index in [1.54, 1.807) is 11.3 Å². The van der Waals surface area contributed by atoms with Gasteiger partial charge < -0.3 is 15.2 Å². The van der Waals surface area contributed by atoms with Crippen molar-refractivity contribution in [2.24, 2.45) is 5.92 Å².